The van der Waals surface area contributed by atoms with Gasteiger partial charge in [-0.3, -0.25) is 4.79 Å². The molecule has 2 N–H and O–H groups in total. The van der Waals surface area contributed by atoms with Crippen LogP contribution < -0.4 is 0 Å². The van der Waals surface area contributed by atoms with Gasteiger partial charge in [0.1, 0.15) is 4.21 Å². The van der Waals surface area contributed by atoms with Crippen molar-refractivity contribution in [1.82, 2.24) is 4.31 Å². The number of carboxylic acids is 1. The summed E-state index contributed by atoms with van der Waals surface area (Å²) < 4.78 is 26.2. The van der Waals surface area contributed by atoms with E-state index in [0.717, 1.165) is 17.8 Å². The Morgan fingerprint density at radius 1 is 1.35 bits per heavy atom. The zero-order chi connectivity index (χ0) is 15.2. The van der Waals surface area contributed by atoms with E-state index in [1.54, 1.807) is 0 Å². The van der Waals surface area contributed by atoms with Crippen molar-refractivity contribution in [3.8, 4) is 0 Å². The molecule has 8 heteroatoms. The van der Waals surface area contributed by atoms with Crippen LogP contribution in [0.1, 0.15) is 24.6 Å². The molecule has 1 rings (SSSR count). The monoisotopic (exact) mass is 321 g/mol. The van der Waals surface area contributed by atoms with Crippen LogP contribution in [-0.2, 0) is 21.2 Å². The third kappa shape index (κ3) is 4.55. The van der Waals surface area contributed by atoms with Gasteiger partial charge in [-0.15, -0.1) is 11.3 Å². The zero-order valence-electron chi connectivity index (χ0n) is 11.3. The molecule has 0 fully saturated rings. The summed E-state index contributed by atoms with van der Waals surface area (Å²) in [5, 5.41) is 17.7. The molecule has 0 aliphatic heterocycles. The number of unbranched alkanes of at least 4 members (excludes halogenated alkanes) is 1. The minimum atomic E-state index is -3.65. The number of aliphatic hydroxyl groups excluding tert-OH is 1. The van der Waals surface area contributed by atoms with Crippen molar-refractivity contribution in [1.29, 1.82) is 0 Å². The summed E-state index contributed by atoms with van der Waals surface area (Å²) in [6.45, 7) is 2.12. The van der Waals surface area contributed by atoms with Crippen molar-refractivity contribution in [2.45, 2.75) is 30.4 Å². The highest BCUT2D eigenvalue weighted by atomic mass is 32.2. The molecule has 1 aromatic heterocycles. The van der Waals surface area contributed by atoms with Gasteiger partial charge < -0.3 is 10.2 Å². The average molecular weight is 321 g/mol. The van der Waals surface area contributed by atoms with Crippen LogP contribution in [0.25, 0.3) is 0 Å². The van der Waals surface area contributed by atoms with Gasteiger partial charge in [-0.1, -0.05) is 13.3 Å². The fraction of sp³-hybridized carbons (Fsp3) is 0.583. The number of rotatable bonds is 9. The van der Waals surface area contributed by atoms with Gasteiger partial charge >= 0.3 is 5.97 Å². The van der Waals surface area contributed by atoms with E-state index in [0.29, 0.717) is 17.8 Å². The van der Waals surface area contributed by atoms with Crippen molar-refractivity contribution in [2.75, 3.05) is 19.7 Å². The number of aliphatic hydroxyl groups is 1. The summed E-state index contributed by atoms with van der Waals surface area (Å²) in [5.41, 5.74) is 0. The van der Waals surface area contributed by atoms with E-state index in [1.165, 1.54) is 16.4 Å². The molecule has 1 heterocycles. The molecule has 0 aliphatic rings. The maximum atomic E-state index is 12.4. The molecule has 114 valence electrons. The highest BCUT2D eigenvalue weighted by Gasteiger charge is 2.25. The topological polar surface area (TPSA) is 94.9 Å². The van der Waals surface area contributed by atoms with E-state index in [1.807, 2.05) is 6.92 Å². The van der Waals surface area contributed by atoms with E-state index in [-0.39, 0.29) is 23.8 Å². The first-order valence-corrected chi connectivity index (χ1v) is 8.59. The summed E-state index contributed by atoms with van der Waals surface area (Å²) in [6.07, 6.45) is 1.38. The van der Waals surface area contributed by atoms with Gasteiger partial charge in [-0.05, 0) is 18.6 Å². The molecule has 0 atom stereocenters. The molecule has 0 unspecified atom stereocenters. The van der Waals surface area contributed by atoms with Crippen molar-refractivity contribution < 1.29 is 23.4 Å². The lowest BCUT2D eigenvalue weighted by Crippen LogP contribution is -2.34. The maximum absolute atomic E-state index is 12.4. The van der Waals surface area contributed by atoms with Crippen LogP contribution in [0.4, 0.5) is 0 Å². The smallest absolute Gasteiger partial charge is 0.308 e. The van der Waals surface area contributed by atoms with Gasteiger partial charge in [0.25, 0.3) is 10.0 Å². The Hall–Kier alpha value is -0.960. The lowest BCUT2D eigenvalue weighted by Gasteiger charge is -2.19. The summed E-state index contributed by atoms with van der Waals surface area (Å²) in [6, 6.07) is 2.94. The standard InChI is InChI=1S/C12H19NO5S2/c1-2-3-6-13(7-8-14)20(17,18)12-5-4-10(19-12)9-11(15)16/h4-5,14H,2-3,6-9H2,1H3,(H,15,16). The minimum absolute atomic E-state index is 0.0501. The third-order valence-corrected chi connectivity index (χ3v) is 6.12. The van der Waals surface area contributed by atoms with Crippen LogP contribution in [0.2, 0.25) is 0 Å². The van der Waals surface area contributed by atoms with Crippen LogP contribution in [-0.4, -0.2) is 48.6 Å². The van der Waals surface area contributed by atoms with Crippen molar-refractivity contribution in [2.24, 2.45) is 0 Å². The lowest BCUT2D eigenvalue weighted by molar-refractivity contribution is -0.136. The minimum Gasteiger partial charge on any atom is -0.481 e. The number of aliphatic carboxylic acids is 1. The lowest BCUT2D eigenvalue weighted by atomic mass is 10.3. The van der Waals surface area contributed by atoms with Crippen LogP contribution in [0.3, 0.4) is 0 Å². The Bertz CT molecular complexity index is 538. The van der Waals surface area contributed by atoms with E-state index < -0.39 is 16.0 Å². The molecule has 6 nitrogen and oxygen atoms in total. The summed E-state index contributed by atoms with van der Waals surface area (Å²) in [4.78, 5) is 11.1. The summed E-state index contributed by atoms with van der Waals surface area (Å²) in [7, 11) is -3.65. The van der Waals surface area contributed by atoms with E-state index in [2.05, 4.69) is 0 Å². The number of nitrogens with zero attached hydrogens (tertiary/aromatic N) is 1. The molecule has 0 amide bonds. The summed E-state index contributed by atoms with van der Waals surface area (Å²) >= 11 is 0.964. The van der Waals surface area contributed by atoms with Gasteiger partial charge in [0.15, 0.2) is 0 Å². The molecular weight excluding hydrogens is 302 g/mol. The third-order valence-electron chi connectivity index (χ3n) is 2.67. The first-order valence-electron chi connectivity index (χ1n) is 6.33. The Morgan fingerprint density at radius 2 is 2.05 bits per heavy atom. The Labute approximate surface area is 122 Å². The predicted octanol–water partition coefficient (Wildman–Crippen LogP) is 1.16. The second-order valence-corrected chi connectivity index (χ2v) is 7.61. The number of thiophene rings is 1. The predicted molar refractivity (Wildman–Crippen MR) is 76.4 cm³/mol. The molecule has 0 saturated heterocycles. The van der Waals surface area contributed by atoms with Crippen LogP contribution in [0, 0.1) is 0 Å². The largest absolute Gasteiger partial charge is 0.481 e. The van der Waals surface area contributed by atoms with Crippen LogP contribution in [0.5, 0.6) is 0 Å². The van der Waals surface area contributed by atoms with Gasteiger partial charge in [-0.2, -0.15) is 4.31 Å². The number of carbonyl (C=O) groups is 1. The Balaban J connectivity index is 2.94. The molecule has 0 bridgehead atoms. The van der Waals surface area contributed by atoms with Gasteiger partial charge in [-0.25, -0.2) is 8.42 Å². The number of sulfonamides is 1. The molecule has 1 aromatic rings. The van der Waals surface area contributed by atoms with Crippen molar-refractivity contribution in [3.05, 3.63) is 17.0 Å². The SMILES string of the molecule is CCCCN(CCO)S(=O)(=O)c1ccc(CC(=O)O)s1. The van der Waals surface area contributed by atoms with E-state index in [9.17, 15) is 13.2 Å². The maximum Gasteiger partial charge on any atom is 0.308 e. The molecule has 0 radical (unpaired) electrons. The Morgan fingerprint density at radius 3 is 2.60 bits per heavy atom. The Kier molecular flexibility index (Phi) is 6.60. The quantitative estimate of drug-likeness (QED) is 0.711. The van der Waals surface area contributed by atoms with Crippen LogP contribution in [0.15, 0.2) is 16.3 Å². The second-order valence-electron chi connectivity index (χ2n) is 4.27. The highest BCUT2D eigenvalue weighted by Crippen LogP contribution is 2.25. The number of hydrogen-bond acceptors (Lipinski definition) is 5. The van der Waals surface area contributed by atoms with Crippen LogP contribution >= 0.6 is 11.3 Å². The fourth-order valence-electron chi connectivity index (χ4n) is 1.67. The van der Waals surface area contributed by atoms with Gasteiger partial charge in [0.2, 0.25) is 0 Å². The normalized spacial score (nSPS) is 11.9. The van der Waals surface area contributed by atoms with Gasteiger partial charge in [0.05, 0.1) is 13.0 Å². The number of carboxylic acid groups (broad SMARTS) is 1. The second kappa shape index (κ2) is 7.72. The van der Waals surface area contributed by atoms with Crippen molar-refractivity contribution >= 4 is 27.3 Å². The molecule has 0 spiro atoms. The van der Waals surface area contributed by atoms with E-state index in [4.69, 9.17) is 10.2 Å². The zero-order valence-corrected chi connectivity index (χ0v) is 12.9. The van der Waals surface area contributed by atoms with Gasteiger partial charge in [0, 0.05) is 18.0 Å². The molecule has 0 aliphatic carbocycles. The molecule has 0 aromatic carbocycles. The van der Waals surface area contributed by atoms with Crippen molar-refractivity contribution in [3.63, 3.8) is 0 Å². The first-order chi connectivity index (χ1) is 9.41. The summed E-state index contributed by atoms with van der Waals surface area (Å²) in [5.74, 6) is -0.992. The first kappa shape index (κ1) is 17.1. The fourth-order valence-corrected chi connectivity index (χ4v) is 4.64. The van der Waals surface area contributed by atoms with E-state index >= 15 is 0 Å². The highest BCUT2D eigenvalue weighted by molar-refractivity contribution is 7.91. The molecular formula is C12H19NO5S2. The molecule has 0 saturated carbocycles. The molecule has 20 heavy (non-hydrogen) atoms. The number of hydrogen-bond donors (Lipinski definition) is 2. The average Bonchev–Trinajstić information content (AvgIpc) is 2.82.